The molecular formula is C12H14ClNO3. The van der Waals surface area contributed by atoms with Crippen molar-refractivity contribution in [3.63, 3.8) is 0 Å². The fraction of sp³-hybridized carbons (Fsp3) is 0.333. The van der Waals surface area contributed by atoms with E-state index in [1.807, 2.05) is 30.3 Å². The summed E-state index contributed by atoms with van der Waals surface area (Å²) in [7, 11) is 0. The normalized spacial score (nSPS) is 23.2. The van der Waals surface area contributed by atoms with Gasteiger partial charge in [-0.15, -0.1) is 12.4 Å². The number of carboxylic acid groups (broad SMARTS) is 1. The lowest BCUT2D eigenvalue weighted by Crippen LogP contribution is -2.36. The van der Waals surface area contributed by atoms with Crippen LogP contribution in [0.3, 0.4) is 0 Å². The van der Waals surface area contributed by atoms with Gasteiger partial charge in [-0.2, -0.15) is 0 Å². The number of carbonyl (C=O) groups is 2. The number of nitrogens with one attached hydrogen (secondary N) is 1. The molecule has 2 N–H and O–H groups in total. The molecule has 1 aromatic rings. The van der Waals surface area contributed by atoms with Crippen molar-refractivity contribution >= 4 is 24.2 Å². The van der Waals surface area contributed by atoms with E-state index in [4.69, 9.17) is 5.11 Å². The largest absolute Gasteiger partial charge is 0.480 e. The monoisotopic (exact) mass is 255 g/mol. The summed E-state index contributed by atoms with van der Waals surface area (Å²) in [6, 6.07) is 8.61. The first-order valence-electron chi connectivity index (χ1n) is 5.22. The van der Waals surface area contributed by atoms with Crippen molar-refractivity contribution in [1.29, 1.82) is 0 Å². The summed E-state index contributed by atoms with van der Waals surface area (Å²) in [4.78, 5) is 22.4. The second-order valence-electron chi connectivity index (χ2n) is 3.97. The molecule has 4 nitrogen and oxygen atoms in total. The molecule has 1 unspecified atom stereocenters. The molecule has 1 aliphatic rings. The van der Waals surface area contributed by atoms with Gasteiger partial charge in [0.1, 0.15) is 0 Å². The van der Waals surface area contributed by atoms with E-state index in [1.54, 1.807) is 0 Å². The first kappa shape index (κ1) is 13.7. The molecule has 0 bridgehead atoms. The highest BCUT2D eigenvalue weighted by atomic mass is 35.5. The molecule has 17 heavy (non-hydrogen) atoms. The zero-order valence-corrected chi connectivity index (χ0v) is 9.94. The van der Waals surface area contributed by atoms with Gasteiger partial charge in [-0.25, -0.2) is 0 Å². The van der Waals surface area contributed by atoms with Gasteiger partial charge in [0.05, 0.1) is 0 Å². The molecular weight excluding hydrogens is 242 g/mol. The van der Waals surface area contributed by atoms with E-state index in [2.05, 4.69) is 5.32 Å². The summed E-state index contributed by atoms with van der Waals surface area (Å²) in [5.74, 6) is -1.51. The Kier molecular flexibility index (Phi) is 4.66. The number of aliphatic carboxylic acids is 1. The van der Waals surface area contributed by atoms with Crippen LogP contribution in [0.25, 0.3) is 0 Å². The molecule has 1 heterocycles. The van der Waals surface area contributed by atoms with Gasteiger partial charge in [-0.05, 0) is 12.0 Å². The molecule has 5 heteroatoms. The van der Waals surface area contributed by atoms with Crippen molar-refractivity contribution in [3.05, 3.63) is 35.9 Å². The Morgan fingerprint density at radius 3 is 2.53 bits per heavy atom. The lowest BCUT2D eigenvalue weighted by molar-refractivity contribution is -0.142. The van der Waals surface area contributed by atoms with Gasteiger partial charge in [-0.3, -0.25) is 14.9 Å². The van der Waals surface area contributed by atoms with Crippen molar-refractivity contribution in [2.24, 2.45) is 5.92 Å². The molecule has 1 saturated heterocycles. The number of carbonyl (C=O) groups excluding carboxylic acids is 1. The number of rotatable bonds is 3. The predicted molar refractivity (Wildman–Crippen MR) is 65.3 cm³/mol. The summed E-state index contributed by atoms with van der Waals surface area (Å²) in [6.45, 7) is 0.449. The van der Waals surface area contributed by atoms with Crippen molar-refractivity contribution in [1.82, 2.24) is 5.32 Å². The molecule has 0 saturated carbocycles. The van der Waals surface area contributed by atoms with E-state index in [0.717, 1.165) is 5.56 Å². The Bertz CT molecular complexity index is 407. The minimum Gasteiger partial charge on any atom is -0.480 e. The zero-order chi connectivity index (χ0) is 11.5. The fourth-order valence-corrected chi connectivity index (χ4v) is 1.98. The number of hydrogen-bond donors (Lipinski definition) is 2. The van der Waals surface area contributed by atoms with Gasteiger partial charge >= 0.3 is 5.97 Å². The molecule has 0 spiro atoms. The molecule has 0 amide bonds. The van der Waals surface area contributed by atoms with E-state index in [9.17, 15) is 9.59 Å². The maximum Gasteiger partial charge on any atom is 0.328 e. The highest BCUT2D eigenvalue weighted by Gasteiger charge is 2.38. The second kappa shape index (κ2) is 5.80. The maximum absolute atomic E-state index is 11.7. The molecule has 1 aromatic carbocycles. The summed E-state index contributed by atoms with van der Waals surface area (Å²) in [5, 5.41) is 11.5. The van der Waals surface area contributed by atoms with Crippen LogP contribution in [0.4, 0.5) is 0 Å². The number of ketones is 1. The second-order valence-corrected chi connectivity index (χ2v) is 3.97. The smallest absolute Gasteiger partial charge is 0.328 e. The average molecular weight is 256 g/mol. The van der Waals surface area contributed by atoms with Crippen molar-refractivity contribution in [2.75, 3.05) is 6.54 Å². The van der Waals surface area contributed by atoms with E-state index < -0.39 is 12.0 Å². The molecule has 1 aliphatic heterocycles. The van der Waals surface area contributed by atoms with Gasteiger partial charge in [0.25, 0.3) is 0 Å². The average Bonchev–Trinajstić information content (AvgIpc) is 2.62. The van der Waals surface area contributed by atoms with Crippen LogP contribution in [0.2, 0.25) is 0 Å². The molecule has 1 fully saturated rings. The van der Waals surface area contributed by atoms with Gasteiger partial charge in [-0.1, -0.05) is 30.3 Å². The van der Waals surface area contributed by atoms with Crippen LogP contribution in [-0.4, -0.2) is 29.4 Å². The summed E-state index contributed by atoms with van der Waals surface area (Å²) < 4.78 is 0. The molecule has 0 aliphatic carbocycles. The standard InChI is InChI=1S/C12H13NO3.ClH/c14-11-9(7-13-10(11)12(15)16)6-8-4-2-1-3-5-8;/h1-5,9-10,13H,6-7H2,(H,15,16);1H/t9-,10?;/m1./s1. The molecule has 2 rings (SSSR count). The SMILES string of the molecule is Cl.O=C(O)C1NC[C@@H](Cc2ccccc2)C1=O. The summed E-state index contributed by atoms with van der Waals surface area (Å²) in [5.41, 5.74) is 1.06. The van der Waals surface area contributed by atoms with Crippen LogP contribution in [0.1, 0.15) is 5.56 Å². The number of benzene rings is 1. The van der Waals surface area contributed by atoms with E-state index >= 15 is 0 Å². The molecule has 0 aromatic heterocycles. The first-order valence-corrected chi connectivity index (χ1v) is 5.22. The van der Waals surface area contributed by atoms with Crippen LogP contribution in [0, 0.1) is 5.92 Å². The Labute approximate surface area is 105 Å². The topological polar surface area (TPSA) is 66.4 Å². The molecule has 0 radical (unpaired) electrons. The molecule has 2 atom stereocenters. The van der Waals surface area contributed by atoms with Crippen molar-refractivity contribution < 1.29 is 14.7 Å². The van der Waals surface area contributed by atoms with Crippen LogP contribution >= 0.6 is 12.4 Å². The quantitative estimate of drug-likeness (QED) is 0.788. The maximum atomic E-state index is 11.7. The Morgan fingerprint density at radius 2 is 2.00 bits per heavy atom. The minimum absolute atomic E-state index is 0. The van der Waals surface area contributed by atoms with Crippen LogP contribution in [0.5, 0.6) is 0 Å². The van der Waals surface area contributed by atoms with E-state index in [0.29, 0.717) is 13.0 Å². The number of halogens is 1. The minimum atomic E-state index is -1.08. The third-order valence-electron chi connectivity index (χ3n) is 2.83. The first-order chi connectivity index (χ1) is 7.68. The van der Waals surface area contributed by atoms with Crippen LogP contribution < -0.4 is 5.32 Å². The zero-order valence-electron chi connectivity index (χ0n) is 9.13. The Balaban J connectivity index is 0.00000144. The molecule has 92 valence electrons. The van der Waals surface area contributed by atoms with E-state index in [1.165, 1.54) is 0 Å². The number of carboxylic acids is 1. The van der Waals surface area contributed by atoms with Crippen molar-refractivity contribution in [3.8, 4) is 0 Å². The number of Topliss-reactive ketones (excluding diaryl/α,β-unsaturated/α-hetero) is 1. The predicted octanol–water partition coefficient (Wildman–Crippen LogP) is 0.893. The number of hydrogen-bond acceptors (Lipinski definition) is 3. The van der Waals surface area contributed by atoms with Gasteiger partial charge in [0.2, 0.25) is 0 Å². The summed E-state index contributed by atoms with van der Waals surface area (Å²) >= 11 is 0. The highest BCUT2D eigenvalue weighted by Crippen LogP contribution is 2.16. The van der Waals surface area contributed by atoms with Crippen LogP contribution in [0.15, 0.2) is 30.3 Å². The fourth-order valence-electron chi connectivity index (χ4n) is 1.98. The van der Waals surface area contributed by atoms with Crippen molar-refractivity contribution in [2.45, 2.75) is 12.5 Å². The Morgan fingerprint density at radius 1 is 1.35 bits per heavy atom. The Hall–Kier alpha value is -1.39. The van der Waals surface area contributed by atoms with Gasteiger partial charge in [0.15, 0.2) is 11.8 Å². The third kappa shape index (κ3) is 3.05. The van der Waals surface area contributed by atoms with Gasteiger partial charge in [0, 0.05) is 12.5 Å². The highest BCUT2D eigenvalue weighted by molar-refractivity contribution is 6.05. The lowest BCUT2D eigenvalue weighted by atomic mass is 9.95. The van der Waals surface area contributed by atoms with Gasteiger partial charge < -0.3 is 5.11 Å². The summed E-state index contributed by atoms with van der Waals surface area (Å²) in [6.07, 6.45) is 0.608. The van der Waals surface area contributed by atoms with Crippen LogP contribution in [-0.2, 0) is 16.0 Å². The lowest BCUT2D eigenvalue weighted by Gasteiger charge is -2.07. The van der Waals surface area contributed by atoms with E-state index in [-0.39, 0.29) is 24.1 Å². The third-order valence-corrected chi connectivity index (χ3v) is 2.83.